The van der Waals surface area contributed by atoms with Crippen LogP contribution in [0.5, 0.6) is 0 Å². The number of esters is 1. The summed E-state index contributed by atoms with van der Waals surface area (Å²) in [5.41, 5.74) is 0.750. The molecule has 18 heavy (non-hydrogen) atoms. The Bertz CT molecular complexity index is 454. The molecular formula is C12H16N2O3S. The molecule has 1 aromatic heterocycles. The third kappa shape index (κ3) is 4.29. The highest BCUT2D eigenvalue weighted by molar-refractivity contribution is 7.09. The molecule has 1 amide bonds. The van der Waals surface area contributed by atoms with Crippen molar-refractivity contribution in [3.63, 3.8) is 0 Å². The molecule has 98 valence electrons. The number of nitrogens with zero attached hydrogens (tertiary/aromatic N) is 2. The van der Waals surface area contributed by atoms with Crippen LogP contribution in [0.4, 0.5) is 0 Å². The van der Waals surface area contributed by atoms with Crippen molar-refractivity contribution < 1.29 is 14.3 Å². The molecule has 0 aliphatic carbocycles. The van der Waals surface area contributed by atoms with Crippen LogP contribution in [-0.2, 0) is 14.3 Å². The summed E-state index contributed by atoms with van der Waals surface area (Å²) in [5, 5.41) is 2.82. The normalized spacial score (nSPS) is 10.6. The number of ether oxygens (including phenoxy) is 1. The number of carbonyl (C=O) groups is 2. The SMILES string of the molecule is CCN(CC(=O)OC)C(=O)/C=C/c1csc(C)n1. The van der Waals surface area contributed by atoms with Crippen molar-refractivity contribution in [1.29, 1.82) is 0 Å². The van der Waals surface area contributed by atoms with Crippen LogP contribution in [0.1, 0.15) is 17.6 Å². The Labute approximate surface area is 110 Å². The molecule has 1 aromatic rings. The highest BCUT2D eigenvalue weighted by Crippen LogP contribution is 2.09. The second-order valence-electron chi connectivity index (χ2n) is 3.55. The lowest BCUT2D eigenvalue weighted by Gasteiger charge is -2.17. The molecule has 0 unspecified atom stereocenters. The molecule has 0 aromatic carbocycles. The molecule has 0 N–H and O–H groups in total. The molecule has 0 bridgehead atoms. The van der Waals surface area contributed by atoms with Gasteiger partial charge in [-0.25, -0.2) is 4.98 Å². The van der Waals surface area contributed by atoms with Gasteiger partial charge in [0.15, 0.2) is 0 Å². The Kier molecular flexibility index (Phi) is 5.51. The Morgan fingerprint density at radius 1 is 1.56 bits per heavy atom. The Balaban J connectivity index is 2.62. The zero-order valence-corrected chi connectivity index (χ0v) is 11.5. The predicted octanol–water partition coefficient (Wildman–Crippen LogP) is 1.49. The Morgan fingerprint density at radius 2 is 2.28 bits per heavy atom. The smallest absolute Gasteiger partial charge is 0.325 e. The second-order valence-corrected chi connectivity index (χ2v) is 4.62. The van der Waals surface area contributed by atoms with E-state index in [1.807, 2.05) is 19.2 Å². The summed E-state index contributed by atoms with van der Waals surface area (Å²) in [4.78, 5) is 28.5. The summed E-state index contributed by atoms with van der Waals surface area (Å²) in [5.74, 6) is -0.656. The molecule has 6 heteroatoms. The fraction of sp³-hybridized carbons (Fsp3) is 0.417. The van der Waals surface area contributed by atoms with Crippen LogP contribution in [0.3, 0.4) is 0 Å². The minimum absolute atomic E-state index is 0.0354. The molecule has 0 fully saturated rings. The van der Waals surface area contributed by atoms with Gasteiger partial charge < -0.3 is 9.64 Å². The predicted molar refractivity (Wildman–Crippen MR) is 70.2 cm³/mol. The van der Waals surface area contributed by atoms with Crippen LogP contribution in [-0.4, -0.2) is 42.0 Å². The molecule has 0 aliphatic heterocycles. The minimum atomic E-state index is -0.428. The number of carbonyl (C=O) groups excluding carboxylic acids is 2. The first-order valence-corrected chi connectivity index (χ1v) is 6.40. The number of amides is 1. The summed E-state index contributed by atoms with van der Waals surface area (Å²) >= 11 is 1.52. The molecule has 0 saturated carbocycles. The monoisotopic (exact) mass is 268 g/mol. The molecule has 1 rings (SSSR count). The van der Waals surface area contributed by atoms with Gasteiger partial charge in [0, 0.05) is 18.0 Å². The van der Waals surface area contributed by atoms with Gasteiger partial charge in [-0.15, -0.1) is 11.3 Å². The summed E-state index contributed by atoms with van der Waals surface area (Å²) in [7, 11) is 1.30. The van der Waals surface area contributed by atoms with Gasteiger partial charge in [0.1, 0.15) is 6.54 Å². The molecule has 0 saturated heterocycles. The van der Waals surface area contributed by atoms with Gasteiger partial charge in [0.2, 0.25) is 5.91 Å². The van der Waals surface area contributed by atoms with E-state index >= 15 is 0 Å². The number of hydrogen-bond donors (Lipinski definition) is 0. The van der Waals surface area contributed by atoms with Crippen molar-refractivity contribution in [2.45, 2.75) is 13.8 Å². The van der Waals surface area contributed by atoms with Crippen molar-refractivity contribution in [2.75, 3.05) is 20.2 Å². The fourth-order valence-corrected chi connectivity index (χ4v) is 1.87. The standard InChI is InChI=1S/C12H16N2O3S/c1-4-14(7-12(16)17-3)11(15)6-5-10-8-18-9(2)13-10/h5-6,8H,4,7H2,1-3H3/b6-5+. The third-order valence-corrected chi connectivity index (χ3v) is 3.07. The van der Waals surface area contributed by atoms with E-state index in [0.29, 0.717) is 6.54 Å². The topological polar surface area (TPSA) is 59.5 Å². The average molecular weight is 268 g/mol. The highest BCUT2D eigenvalue weighted by atomic mass is 32.1. The van der Waals surface area contributed by atoms with Gasteiger partial charge in [-0.2, -0.15) is 0 Å². The van der Waals surface area contributed by atoms with Crippen LogP contribution in [0.25, 0.3) is 6.08 Å². The maximum absolute atomic E-state index is 11.8. The van der Waals surface area contributed by atoms with Crippen LogP contribution >= 0.6 is 11.3 Å². The molecule has 0 spiro atoms. The summed E-state index contributed by atoms with van der Waals surface area (Å²) in [6.45, 7) is 4.13. The molecule has 0 aliphatic rings. The molecule has 5 nitrogen and oxygen atoms in total. The van der Waals surface area contributed by atoms with Gasteiger partial charge in [0.05, 0.1) is 17.8 Å². The van der Waals surface area contributed by atoms with E-state index in [4.69, 9.17) is 0 Å². The quantitative estimate of drug-likeness (QED) is 0.599. The highest BCUT2D eigenvalue weighted by Gasteiger charge is 2.13. The number of likely N-dealkylation sites (N-methyl/N-ethyl adjacent to an activating group) is 1. The molecule has 0 radical (unpaired) electrons. The molecule has 0 atom stereocenters. The number of aromatic nitrogens is 1. The van der Waals surface area contributed by atoms with Crippen LogP contribution in [0, 0.1) is 6.92 Å². The number of aryl methyl sites for hydroxylation is 1. The molecular weight excluding hydrogens is 252 g/mol. The lowest BCUT2D eigenvalue weighted by molar-refractivity contribution is -0.145. The van der Waals surface area contributed by atoms with Crippen molar-refractivity contribution >= 4 is 29.3 Å². The number of hydrogen-bond acceptors (Lipinski definition) is 5. The van der Waals surface area contributed by atoms with Crippen molar-refractivity contribution in [3.8, 4) is 0 Å². The van der Waals surface area contributed by atoms with E-state index in [0.717, 1.165) is 10.7 Å². The van der Waals surface area contributed by atoms with Crippen molar-refractivity contribution in [3.05, 3.63) is 22.2 Å². The lowest BCUT2D eigenvalue weighted by atomic mass is 10.3. The first-order chi connectivity index (χ1) is 8.56. The minimum Gasteiger partial charge on any atom is -0.468 e. The van der Waals surface area contributed by atoms with Crippen LogP contribution in [0.15, 0.2) is 11.5 Å². The van der Waals surface area contributed by atoms with Gasteiger partial charge >= 0.3 is 5.97 Å². The van der Waals surface area contributed by atoms with E-state index in [2.05, 4.69) is 9.72 Å². The first-order valence-electron chi connectivity index (χ1n) is 5.52. The van der Waals surface area contributed by atoms with E-state index in [9.17, 15) is 9.59 Å². The fourth-order valence-electron chi connectivity index (χ4n) is 1.28. The first kappa shape index (κ1) is 14.4. The number of thiazole rings is 1. The van der Waals surface area contributed by atoms with Gasteiger partial charge in [-0.05, 0) is 19.9 Å². The maximum Gasteiger partial charge on any atom is 0.325 e. The van der Waals surface area contributed by atoms with Crippen molar-refractivity contribution in [2.24, 2.45) is 0 Å². The largest absolute Gasteiger partial charge is 0.468 e. The summed E-state index contributed by atoms with van der Waals surface area (Å²) in [6, 6.07) is 0. The van der Waals surface area contributed by atoms with Gasteiger partial charge in [-0.1, -0.05) is 0 Å². The second kappa shape index (κ2) is 6.90. The summed E-state index contributed by atoms with van der Waals surface area (Å²) in [6.07, 6.45) is 3.06. The average Bonchev–Trinajstić information content (AvgIpc) is 2.78. The zero-order valence-electron chi connectivity index (χ0n) is 10.7. The van der Waals surface area contributed by atoms with Gasteiger partial charge in [-0.3, -0.25) is 9.59 Å². The Hall–Kier alpha value is -1.69. The zero-order chi connectivity index (χ0) is 13.5. The van der Waals surface area contributed by atoms with E-state index in [-0.39, 0.29) is 12.5 Å². The summed E-state index contributed by atoms with van der Waals surface area (Å²) < 4.78 is 4.53. The van der Waals surface area contributed by atoms with Gasteiger partial charge in [0.25, 0.3) is 0 Å². The van der Waals surface area contributed by atoms with E-state index in [1.165, 1.54) is 29.4 Å². The van der Waals surface area contributed by atoms with Crippen LogP contribution < -0.4 is 0 Å². The lowest BCUT2D eigenvalue weighted by Crippen LogP contribution is -2.34. The maximum atomic E-state index is 11.8. The number of methoxy groups -OCH3 is 1. The van der Waals surface area contributed by atoms with Crippen LogP contribution in [0.2, 0.25) is 0 Å². The van der Waals surface area contributed by atoms with E-state index in [1.54, 1.807) is 6.08 Å². The third-order valence-electron chi connectivity index (χ3n) is 2.27. The Morgan fingerprint density at radius 3 is 2.78 bits per heavy atom. The van der Waals surface area contributed by atoms with E-state index < -0.39 is 5.97 Å². The molecule has 1 heterocycles. The number of rotatable bonds is 5. The van der Waals surface area contributed by atoms with Crippen molar-refractivity contribution in [1.82, 2.24) is 9.88 Å².